The Morgan fingerprint density at radius 2 is 1.55 bits per heavy atom. The zero-order valence-corrected chi connectivity index (χ0v) is 10.3. The van der Waals surface area contributed by atoms with Crippen LogP contribution in [-0.2, 0) is 6.18 Å². The summed E-state index contributed by atoms with van der Waals surface area (Å²) in [6.45, 7) is -2.46. The van der Waals surface area contributed by atoms with E-state index < -0.39 is 48.6 Å². The molecule has 0 aromatic heterocycles. The standard InChI is InChI=1S/C12H14F3NO4/c13-12(14,15)9-4-2-1-3-8(9)10(20)16-11(5-17,6-18)7-19/h1-4,17-19H,5-7H2,(H,16,20). The maximum absolute atomic E-state index is 12.8. The fourth-order valence-electron chi connectivity index (χ4n) is 1.51. The Bertz CT molecular complexity index is 464. The van der Waals surface area contributed by atoms with Crippen molar-refractivity contribution in [1.29, 1.82) is 0 Å². The lowest BCUT2D eigenvalue weighted by atomic mass is 10.0. The number of halogens is 3. The minimum absolute atomic E-state index is 0.653. The molecule has 0 aliphatic heterocycles. The molecule has 0 spiro atoms. The summed E-state index contributed by atoms with van der Waals surface area (Å²) in [5, 5.41) is 29.2. The van der Waals surface area contributed by atoms with Crippen LogP contribution in [0.4, 0.5) is 13.2 Å². The molecule has 20 heavy (non-hydrogen) atoms. The Morgan fingerprint density at radius 1 is 1.05 bits per heavy atom. The molecule has 5 nitrogen and oxygen atoms in total. The molecule has 1 amide bonds. The first-order valence-corrected chi connectivity index (χ1v) is 5.61. The number of alkyl halides is 3. The summed E-state index contributed by atoms with van der Waals surface area (Å²) in [7, 11) is 0. The van der Waals surface area contributed by atoms with Gasteiger partial charge in [0, 0.05) is 0 Å². The first-order chi connectivity index (χ1) is 9.29. The molecule has 0 saturated carbocycles. The van der Waals surface area contributed by atoms with Crippen LogP contribution in [0.5, 0.6) is 0 Å². The maximum Gasteiger partial charge on any atom is 0.417 e. The van der Waals surface area contributed by atoms with Crippen molar-refractivity contribution in [3.8, 4) is 0 Å². The van der Waals surface area contributed by atoms with Crippen molar-refractivity contribution in [2.24, 2.45) is 0 Å². The van der Waals surface area contributed by atoms with Gasteiger partial charge in [-0.1, -0.05) is 12.1 Å². The van der Waals surface area contributed by atoms with E-state index in [-0.39, 0.29) is 0 Å². The van der Waals surface area contributed by atoms with Crippen LogP contribution in [-0.4, -0.2) is 46.6 Å². The van der Waals surface area contributed by atoms with E-state index in [0.717, 1.165) is 18.2 Å². The lowest BCUT2D eigenvalue weighted by molar-refractivity contribution is -0.138. The lowest BCUT2D eigenvalue weighted by Gasteiger charge is -2.29. The summed E-state index contributed by atoms with van der Waals surface area (Å²) in [6.07, 6.45) is -4.71. The molecule has 1 aromatic rings. The highest BCUT2D eigenvalue weighted by molar-refractivity contribution is 5.96. The summed E-state index contributed by atoms with van der Waals surface area (Å²) in [5.74, 6) is -1.14. The number of aliphatic hydroxyl groups is 3. The summed E-state index contributed by atoms with van der Waals surface area (Å²) >= 11 is 0. The molecule has 0 unspecified atom stereocenters. The molecule has 4 N–H and O–H groups in total. The SMILES string of the molecule is O=C(NC(CO)(CO)CO)c1ccccc1C(F)(F)F. The van der Waals surface area contributed by atoms with Crippen molar-refractivity contribution in [1.82, 2.24) is 5.32 Å². The van der Waals surface area contributed by atoms with Gasteiger partial charge in [0.25, 0.3) is 5.91 Å². The number of aliphatic hydroxyl groups excluding tert-OH is 3. The molecule has 1 aromatic carbocycles. The van der Waals surface area contributed by atoms with Gasteiger partial charge in [-0.05, 0) is 12.1 Å². The third kappa shape index (κ3) is 3.47. The van der Waals surface area contributed by atoms with Gasteiger partial charge >= 0.3 is 6.18 Å². The molecule has 8 heteroatoms. The van der Waals surface area contributed by atoms with Gasteiger partial charge in [-0.15, -0.1) is 0 Å². The largest absolute Gasteiger partial charge is 0.417 e. The Kier molecular flexibility index (Phi) is 5.09. The van der Waals surface area contributed by atoms with E-state index in [0.29, 0.717) is 0 Å². The summed E-state index contributed by atoms with van der Waals surface area (Å²) in [5.41, 5.74) is -3.57. The maximum atomic E-state index is 12.8. The number of amides is 1. The summed E-state index contributed by atoms with van der Waals surface area (Å²) < 4.78 is 38.3. The topological polar surface area (TPSA) is 89.8 Å². The van der Waals surface area contributed by atoms with Crippen molar-refractivity contribution in [3.05, 3.63) is 35.4 Å². The zero-order chi connectivity index (χ0) is 15.4. The predicted octanol–water partition coefficient (Wildman–Crippen LogP) is 0.151. The molecule has 0 aliphatic rings. The van der Waals surface area contributed by atoms with Crippen LogP contribution in [0, 0.1) is 0 Å². The van der Waals surface area contributed by atoms with Gasteiger partial charge in [0.15, 0.2) is 0 Å². The van der Waals surface area contributed by atoms with E-state index in [2.05, 4.69) is 0 Å². The van der Waals surface area contributed by atoms with Crippen LogP contribution in [0.3, 0.4) is 0 Å². The van der Waals surface area contributed by atoms with Crippen LogP contribution < -0.4 is 5.32 Å². The van der Waals surface area contributed by atoms with E-state index in [4.69, 9.17) is 15.3 Å². The monoisotopic (exact) mass is 293 g/mol. The number of rotatable bonds is 5. The van der Waals surface area contributed by atoms with Crippen LogP contribution in [0.25, 0.3) is 0 Å². The molecule has 0 fully saturated rings. The van der Waals surface area contributed by atoms with E-state index in [1.165, 1.54) is 6.07 Å². The molecule has 1 rings (SSSR count). The number of nitrogens with one attached hydrogen (secondary N) is 1. The molecule has 0 saturated heterocycles. The number of carbonyl (C=O) groups is 1. The van der Waals surface area contributed by atoms with Crippen LogP contribution >= 0.6 is 0 Å². The quantitative estimate of drug-likeness (QED) is 0.622. The number of carbonyl (C=O) groups excluding carboxylic acids is 1. The minimum Gasteiger partial charge on any atom is -0.394 e. The van der Waals surface area contributed by atoms with Crippen LogP contribution in [0.2, 0.25) is 0 Å². The van der Waals surface area contributed by atoms with Crippen molar-refractivity contribution < 1.29 is 33.3 Å². The van der Waals surface area contributed by atoms with Crippen LogP contribution in [0.15, 0.2) is 24.3 Å². The van der Waals surface area contributed by atoms with Gasteiger partial charge in [-0.2, -0.15) is 13.2 Å². The van der Waals surface area contributed by atoms with Crippen molar-refractivity contribution in [2.45, 2.75) is 11.7 Å². The third-order valence-electron chi connectivity index (χ3n) is 2.76. The molecule has 0 atom stereocenters. The Labute approximate surface area is 112 Å². The summed E-state index contributed by atoms with van der Waals surface area (Å²) in [6, 6.07) is 4.10. The lowest BCUT2D eigenvalue weighted by Crippen LogP contribution is -2.57. The smallest absolute Gasteiger partial charge is 0.394 e. The Morgan fingerprint density at radius 3 is 2.00 bits per heavy atom. The van der Waals surface area contributed by atoms with Gasteiger partial charge in [-0.3, -0.25) is 4.79 Å². The molecule has 0 aliphatic carbocycles. The van der Waals surface area contributed by atoms with Gasteiger partial charge in [0.2, 0.25) is 0 Å². The highest BCUT2D eigenvalue weighted by atomic mass is 19.4. The minimum atomic E-state index is -4.71. The Balaban J connectivity index is 3.11. The number of hydrogen-bond acceptors (Lipinski definition) is 4. The fourth-order valence-corrected chi connectivity index (χ4v) is 1.51. The molecule has 0 heterocycles. The van der Waals surface area contributed by atoms with Gasteiger partial charge < -0.3 is 20.6 Å². The fraction of sp³-hybridized carbons (Fsp3) is 0.417. The first kappa shape index (κ1) is 16.4. The average Bonchev–Trinajstić information content (AvgIpc) is 2.44. The first-order valence-electron chi connectivity index (χ1n) is 5.61. The second-order valence-electron chi connectivity index (χ2n) is 4.25. The number of benzene rings is 1. The van der Waals surface area contributed by atoms with Crippen molar-refractivity contribution in [3.63, 3.8) is 0 Å². The van der Waals surface area contributed by atoms with Crippen molar-refractivity contribution in [2.75, 3.05) is 19.8 Å². The molecular weight excluding hydrogens is 279 g/mol. The molecule has 0 bridgehead atoms. The highest BCUT2D eigenvalue weighted by Gasteiger charge is 2.37. The number of hydrogen-bond donors (Lipinski definition) is 4. The molecule has 112 valence electrons. The highest BCUT2D eigenvalue weighted by Crippen LogP contribution is 2.31. The molecule has 0 radical (unpaired) electrons. The zero-order valence-electron chi connectivity index (χ0n) is 10.3. The second kappa shape index (κ2) is 6.21. The van der Waals surface area contributed by atoms with Crippen LogP contribution in [0.1, 0.15) is 15.9 Å². The van der Waals surface area contributed by atoms with E-state index in [9.17, 15) is 18.0 Å². The van der Waals surface area contributed by atoms with E-state index in [1.807, 2.05) is 5.32 Å². The van der Waals surface area contributed by atoms with E-state index in [1.54, 1.807) is 0 Å². The van der Waals surface area contributed by atoms with E-state index >= 15 is 0 Å². The summed E-state index contributed by atoms with van der Waals surface area (Å²) in [4.78, 5) is 11.9. The predicted molar refractivity (Wildman–Crippen MR) is 62.9 cm³/mol. The average molecular weight is 293 g/mol. The van der Waals surface area contributed by atoms with Gasteiger partial charge in [-0.25, -0.2) is 0 Å². The van der Waals surface area contributed by atoms with Crippen molar-refractivity contribution >= 4 is 5.91 Å². The van der Waals surface area contributed by atoms with Gasteiger partial charge in [0.1, 0.15) is 5.54 Å². The normalized spacial score (nSPS) is 12.3. The Hall–Kier alpha value is -1.64. The molecular formula is C12H14F3NO4. The third-order valence-corrected chi connectivity index (χ3v) is 2.76. The van der Waals surface area contributed by atoms with Gasteiger partial charge in [0.05, 0.1) is 30.9 Å². The second-order valence-corrected chi connectivity index (χ2v) is 4.25.